The zero-order valence-corrected chi connectivity index (χ0v) is 35.8. The quantitative estimate of drug-likeness (QED) is 0.0382. The van der Waals surface area contributed by atoms with Gasteiger partial charge in [-0.05, 0) is 25.5 Å². The number of oxime groups is 1. The Hall–Kier alpha value is -5.90. The first-order valence-electron chi connectivity index (χ1n) is 20.1. The number of aromatic hydroxyl groups is 3. The number of rotatable bonds is 7. The van der Waals surface area contributed by atoms with Crippen molar-refractivity contribution < 1.29 is 63.7 Å². The Morgan fingerprint density at radius 3 is 2.28 bits per heavy atom. The van der Waals surface area contributed by atoms with Crippen molar-refractivity contribution in [2.75, 3.05) is 19.0 Å². The molecule has 6 rings (SSSR count). The van der Waals surface area contributed by atoms with Crippen LogP contribution in [0, 0.1) is 30.6 Å². The van der Waals surface area contributed by atoms with Crippen molar-refractivity contribution >= 4 is 40.3 Å². The van der Waals surface area contributed by atoms with Gasteiger partial charge in [0.2, 0.25) is 0 Å². The van der Waals surface area contributed by atoms with Crippen LogP contribution in [-0.2, 0) is 35.1 Å². The fraction of sp³-hybridized carbons (Fsp3) is 0.435. The van der Waals surface area contributed by atoms with Gasteiger partial charge in [-0.15, -0.1) is 0 Å². The monoisotopic (exact) mass is 844 g/mol. The Balaban J connectivity index is 1.67. The van der Waals surface area contributed by atoms with E-state index in [2.05, 4.69) is 10.5 Å². The standard InChI is InChI=1S/C46H56N2O13/c1-23-14-13-15-24(2)45(56)48-36-31(22-47-59-21-18-30-16-11-10-12-17-30)40(53)33-34(41(36)54)39(52)28(6)43-35(33)44(55)46(8,61-43)58-20-19-32(57-9)25(3)42(60-29(7)49)27(5)38(51)26(4)37(23)50/h10-17,19-20,22-23,25-27,32,37-38,42,50-54H,18,21H2,1-9H3,(H,48,56)/b14-13+,20-19+,24-15+,47-22+. The molecular weight excluding hydrogens is 789 g/mol. The van der Waals surface area contributed by atoms with E-state index in [9.17, 15) is 39.9 Å². The van der Waals surface area contributed by atoms with E-state index in [1.54, 1.807) is 39.8 Å². The van der Waals surface area contributed by atoms with E-state index in [1.165, 1.54) is 53.2 Å². The first-order chi connectivity index (χ1) is 28.8. The largest absolute Gasteiger partial charge is 0.507 e. The molecule has 15 heteroatoms. The van der Waals surface area contributed by atoms with Crippen LogP contribution >= 0.6 is 0 Å². The summed E-state index contributed by atoms with van der Waals surface area (Å²) in [6.07, 6.45) is 5.01. The summed E-state index contributed by atoms with van der Waals surface area (Å²) in [7, 11) is 1.43. The predicted octanol–water partition coefficient (Wildman–Crippen LogP) is 6.35. The lowest BCUT2D eigenvalue weighted by Crippen LogP contribution is -2.46. The third kappa shape index (κ3) is 9.54. The van der Waals surface area contributed by atoms with Gasteiger partial charge in [-0.3, -0.25) is 14.4 Å². The van der Waals surface area contributed by atoms with E-state index in [4.69, 9.17) is 23.8 Å². The second kappa shape index (κ2) is 19.2. The van der Waals surface area contributed by atoms with Gasteiger partial charge < -0.3 is 54.6 Å². The Morgan fingerprint density at radius 2 is 1.62 bits per heavy atom. The lowest BCUT2D eigenvalue weighted by Gasteiger charge is -2.38. The van der Waals surface area contributed by atoms with Crippen LogP contribution in [0.2, 0.25) is 0 Å². The lowest BCUT2D eigenvalue weighted by molar-refractivity contribution is -0.160. The van der Waals surface area contributed by atoms with Gasteiger partial charge in [0.25, 0.3) is 11.7 Å². The molecule has 3 aromatic carbocycles. The number of phenols is 3. The summed E-state index contributed by atoms with van der Waals surface area (Å²) in [4.78, 5) is 46.0. The molecule has 1 amide bonds. The number of aliphatic hydroxyl groups excluding tert-OH is 2. The van der Waals surface area contributed by atoms with Gasteiger partial charge in [0.05, 0.1) is 53.0 Å². The molecule has 0 aromatic heterocycles. The molecule has 3 aliphatic rings. The highest BCUT2D eigenvalue weighted by Gasteiger charge is 2.50. The predicted molar refractivity (Wildman–Crippen MR) is 228 cm³/mol. The summed E-state index contributed by atoms with van der Waals surface area (Å²) in [6.45, 7) is 12.6. The molecular formula is C46H56N2O13. The number of allylic oxidation sites excluding steroid dienone is 2. The van der Waals surface area contributed by atoms with Gasteiger partial charge in [0.1, 0.15) is 30.0 Å². The maximum absolute atomic E-state index is 14.4. The molecule has 3 aromatic rings. The highest BCUT2D eigenvalue weighted by atomic mass is 16.7. The van der Waals surface area contributed by atoms with Crippen LogP contribution in [-0.4, -0.2) is 93.3 Å². The van der Waals surface area contributed by atoms with E-state index >= 15 is 0 Å². The molecule has 6 N–H and O–H groups in total. The molecule has 0 spiro atoms. The SMILES string of the molecule is COC1/C=C/OC2(C)Oc3c(C)c(O)c4c(O)c(c(/C=N/OCCc5ccccc5)c(O)c4c3C2=O)NC(=O)/C(C)=C/C=C/C(C)C(O)C(C)C(O)C(C)C(OC(C)=O)C1C. The first-order valence-corrected chi connectivity index (χ1v) is 20.1. The fourth-order valence-electron chi connectivity index (χ4n) is 7.82. The van der Waals surface area contributed by atoms with E-state index in [1.807, 2.05) is 30.3 Å². The summed E-state index contributed by atoms with van der Waals surface area (Å²) in [5.74, 6) is -8.70. The Kier molecular flexibility index (Phi) is 14.5. The van der Waals surface area contributed by atoms with Crippen molar-refractivity contribution in [2.45, 2.75) is 92.0 Å². The first kappa shape index (κ1) is 46.2. The van der Waals surface area contributed by atoms with Gasteiger partial charge in [0.15, 0.2) is 5.75 Å². The molecule has 0 saturated carbocycles. The highest BCUT2D eigenvalue weighted by Crippen LogP contribution is 2.55. The number of phenolic OH excluding ortho intramolecular Hbond substituents is 3. The number of hydrogen-bond donors (Lipinski definition) is 6. The second-order valence-corrected chi connectivity index (χ2v) is 15.9. The number of anilines is 1. The van der Waals surface area contributed by atoms with Crippen LogP contribution in [0.25, 0.3) is 10.8 Å². The minimum Gasteiger partial charge on any atom is -0.507 e. The van der Waals surface area contributed by atoms with Crippen molar-refractivity contribution in [2.24, 2.45) is 28.8 Å². The number of nitrogens with one attached hydrogen (secondary N) is 1. The summed E-state index contributed by atoms with van der Waals surface area (Å²) in [6, 6.07) is 9.50. The second-order valence-electron chi connectivity index (χ2n) is 15.9. The Bertz CT molecular complexity index is 2250. The van der Waals surface area contributed by atoms with Crippen molar-refractivity contribution in [3.63, 3.8) is 0 Å². The molecule has 9 atom stereocenters. The van der Waals surface area contributed by atoms with Gasteiger partial charge >= 0.3 is 11.8 Å². The van der Waals surface area contributed by atoms with Crippen molar-refractivity contribution in [3.05, 3.63) is 88.7 Å². The maximum Gasteiger partial charge on any atom is 0.312 e. The molecule has 61 heavy (non-hydrogen) atoms. The number of methoxy groups -OCH3 is 1. The molecule has 9 unspecified atom stereocenters. The fourth-order valence-corrected chi connectivity index (χ4v) is 7.82. The molecule has 15 nitrogen and oxygen atoms in total. The minimum absolute atomic E-state index is 0.0298. The van der Waals surface area contributed by atoms with Crippen LogP contribution in [0.1, 0.15) is 75.5 Å². The average molecular weight is 845 g/mol. The lowest BCUT2D eigenvalue weighted by atomic mass is 9.78. The number of nitrogens with zero attached hydrogens (tertiary/aromatic N) is 1. The van der Waals surface area contributed by atoms with Crippen LogP contribution in [0.5, 0.6) is 23.0 Å². The molecule has 5 bridgehead atoms. The summed E-state index contributed by atoms with van der Waals surface area (Å²) in [5, 5.41) is 64.3. The van der Waals surface area contributed by atoms with Gasteiger partial charge in [-0.2, -0.15) is 0 Å². The van der Waals surface area contributed by atoms with E-state index in [0.717, 1.165) is 11.8 Å². The Labute approximate surface area is 354 Å². The molecule has 0 aliphatic carbocycles. The molecule has 328 valence electrons. The van der Waals surface area contributed by atoms with Crippen LogP contribution in [0.3, 0.4) is 0 Å². The van der Waals surface area contributed by atoms with E-state index < -0.39 is 88.8 Å². The number of ether oxygens (including phenoxy) is 4. The molecule has 3 aliphatic heterocycles. The topological polar surface area (TPSA) is 223 Å². The number of fused-ring (bicyclic) bond motifs is 14. The molecule has 0 radical (unpaired) electrons. The molecule has 0 fully saturated rings. The van der Waals surface area contributed by atoms with Gasteiger partial charge in [-0.25, -0.2) is 0 Å². The third-order valence-electron chi connectivity index (χ3n) is 11.6. The van der Waals surface area contributed by atoms with Crippen LogP contribution in [0.15, 0.2) is 71.6 Å². The van der Waals surface area contributed by atoms with Gasteiger partial charge in [0, 0.05) is 67.6 Å². The zero-order chi connectivity index (χ0) is 44.9. The number of esters is 1. The Morgan fingerprint density at radius 1 is 0.934 bits per heavy atom. The third-order valence-corrected chi connectivity index (χ3v) is 11.6. The van der Waals surface area contributed by atoms with Crippen molar-refractivity contribution in [3.8, 4) is 23.0 Å². The number of hydrogen-bond acceptors (Lipinski definition) is 14. The summed E-state index contributed by atoms with van der Waals surface area (Å²) >= 11 is 0. The smallest absolute Gasteiger partial charge is 0.312 e. The number of amides is 1. The molecule has 0 saturated heterocycles. The number of benzene rings is 3. The van der Waals surface area contributed by atoms with E-state index in [0.29, 0.717) is 6.42 Å². The minimum atomic E-state index is -2.07. The van der Waals surface area contributed by atoms with Crippen molar-refractivity contribution in [1.29, 1.82) is 0 Å². The highest BCUT2D eigenvalue weighted by molar-refractivity contribution is 6.23. The number of ketones is 1. The van der Waals surface area contributed by atoms with E-state index in [-0.39, 0.29) is 51.1 Å². The van der Waals surface area contributed by atoms with Gasteiger partial charge in [-0.1, -0.05) is 81.4 Å². The number of aliphatic hydroxyl groups is 2. The van der Waals surface area contributed by atoms with Crippen LogP contribution in [0.4, 0.5) is 5.69 Å². The normalized spacial score (nSPS) is 29.4. The number of carbonyl (C=O) groups is 3. The molecule has 3 heterocycles. The number of carbonyl (C=O) groups excluding carboxylic acids is 3. The number of Topliss-reactive ketones (excluding diaryl/α,β-unsaturated/α-hetero) is 1. The maximum atomic E-state index is 14.4. The van der Waals surface area contributed by atoms with Crippen molar-refractivity contribution in [1.82, 2.24) is 0 Å². The van der Waals surface area contributed by atoms with Crippen LogP contribution < -0.4 is 10.1 Å². The summed E-state index contributed by atoms with van der Waals surface area (Å²) < 4.78 is 23.5. The zero-order valence-electron chi connectivity index (χ0n) is 35.8. The summed E-state index contributed by atoms with van der Waals surface area (Å²) in [5.41, 5.74) is 0.345. The average Bonchev–Trinajstić information content (AvgIpc) is 3.50.